The maximum Gasteiger partial charge on any atom is 0.146 e. The molecule has 3 aromatic rings. The fourth-order valence-corrected chi connectivity index (χ4v) is 3.51. The van der Waals surface area contributed by atoms with Crippen molar-refractivity contribution in [2.75, 3.05) is 0 Å². The number of benzene rings is 3. The Morgan fingerprint density at radius 1 is 0.862 bits per heavy atom. The molecule has 0 aliphatic carbocycles. The number of rotatable bonds is 8. The van der Waals surface area contributed by atoms with Gasteiger partial charge in [0.2, 0.25) is 0 Å². The molecule has 0 saturated heterocycles. The van der Waals surface area contributed by atoms with E-state index in [1.165, 1.54) is 36.8 Å². The largest absolute Gasteiger partial charge is 0.205 e. The van der Waals surface area contributed by atoms with E-state index in [1.54, 1.807) is 6.07 Å². The van der Waals surface area contributed by atoms with Crippen molar-refractivity contribution in [1.82, 2.24) is 0 Å². The summed E-state index contributed by atoms with van der Waals surface area (Å²) in [5.41, 5.74) is 3.89. The third kappa shape index (κ3) is 5.81. The highest BCUT2D eigenvalue weighted by Crippen LogP contribution is 2.23. The zero-order chi connectivity index (χ0) is 20.5. The minimum Gasteiger partial charge on any atom is -0.205 e. The third-order valence-corrected chi connectivity index (χ3v) is 5.27. The first-order valence-corrected chi connectivity index (χ1v) is 10.6. The molecular weight excluding hydrogens is 355 g/mol. The van der Waals surface area contributed by atoms with E-state index in [4.69, 9.17) is 0 Å². The molecule has 0 atom stereocenters. The van der Waals surface area contributed by atoms with Crippen LogP contribution in [-0.2, 0) is 12.8 Å². The summed E-state index contributed by atoms with van der Waals surface area (Å²) >= 11 is 0. The van der Waals surface area contributed by atoms with E-state index < -0.39 is 0 Å². The van der Waals surface area contributed by atoms with Crippen LogP contribution in [-0.4, -0.2) is 0 Å². The molecule has 3 aromatic carbocycles. The first-order chi connectivity index (χ1) is 14.2. The number of aryl methyl sites for hydroxylation is 2. The zero-order valence-corrected chi connectivity index (χ0v) is 17.3. The minimum atomic E-state index is -0.227. The Morgan fingerprint density at radius 3 is 2.41 bits per heavy atom. The second-order valence-electron chi connectivity index (χ2n) is 7.57. The molecule has 0 aliphatic heterocycles. The van der Waals surface area contributed by atoms with E-state index >= 15 is 0 Å². The van der Waals surface area contributed by atoms with Gasteiger partial charge in [-0.15, -0.1) is 6.58 Å². The summed E-state index contributed by atoms with van der Waals surface area (Å²) in [6, 6.07) is 18.0. The second-order valence-corrected chi connectivity index (χ2v) is 7.57. The van der Waals surface area contributed by atoms with Gasteiger partial charge in [-0.25, -0.2) is 4.39 Å². The van der Waals surface area contributed by atoms with Gasteiger partial charge in [0.25, 0.3) is 0 Å². The first-order valence-electron chi connectivity index (χ1n) is 10.6. The maximum absolute atomic E-state index is 14.9. The van der Waals surface area contributed by atoms with Crippen LogP contribution in [0.1, 0.15) is 61.3 Å². The highest BCUT2D eigenvalue weighted by atomic mass is 19.1. The van der Waals surface area contributed by atoms with Crippen molar-refractivity contribution in [2.45, 2.75) is 51.9 Å². The van der Waals surface area contributed by atoms with Crippen LogP contribution in [0.15, 0.2) is 67.3 Å². The molecule has 0 aromatic heterocycles. The van der Waals surface area contributed by atoms with E-state index in [9.17, 15) is 4.39 Å². The molecule has 0 N–H and O–H groups in total. The first kappa shape index (κ1) is 20.9. The summed E-state index contributed by atoms with van der Waals surface area (Å²) in [5, 5.41) is 1.60. The van der Waals surface area contributed by atoms with Gasteiger partial charge in [0.1, 0.15) is 5.82 Å². The quantitative estimate of drug-likeness (QED) is 0.213. The molecule has 1 heteroatoms. The van der Waals surface area contributed by atoms with E-state index in [1.807, 2.05) is 30.3 Å². The molecule has 0 spiro atoms. The molecule has 0 bridgehead atoms. The average molecular weight is 385 g/mol. The lowest BCUT2D eigenvalue weighted by molar-refractivity contribution is 0.636. The highest BCUT2D eigenvalue weighted by Gasteiger charge is 2.06. The summed E-state index contributed by atoms with van der Waals surface area (Å²) in [7, 11) is 0. The van der Waals surface area contributed by atoms with Crippen molar-refractivity contribution >= 4 is 10.8 Å². The molecule has 3 rings (SSSR count). The van der Waals surface area contributed by atoms with Gasteiger partial charge in [-0.1, -0.05) is 80.5 Å². The molecule has 148 valence electrons. The van der Waals surface area contributed by atoms with E-state index in [2.05, 4.69) is 49.6 Å². The summed E-state index contributed by atoms with van der Waals surface area (Å²) in [5.74, 6) is 5.87. The highest BCUT2D eigenvalue weighted by molar-refractivity contribution is 5.85. The third-order valence-electron chi connectivity index (χ3n) is 5.27. The van der Waals surface area contributed by atoms with Gasteiger partial charge < -0.3 is 0 Å². The number of allylic oxidation sites excluding steroid dienone is 1. The van der Waals surface area contributed by atoms with Crippen LogP contribution < -0.4 is 0 Å². The van der Waals surface area contributed by atoms with Crippen LogP contribution in [0, 0.1) is 17.7 Å². The van der Waals surface area contributed by atoms with Crippen LogP contribution in [0.4, 0.5) is 4.39 Å². The van der Waals surface area contributed by atoms with Crippen molar-refractivity contribution in [3.63, 3.8) is 0 Å². The summed E-state index contributed by atoms with van der Waals surface area (Å²) < 4.78 is 14.9. The number of hydrogen-bond acceptors (Lipinski definition) is 0. The fraction of sp³-hybridized carbons (Fsp3) is 0.286. The number of hydrogen-bond donors (Lipinski definition) is 0. The Hall–Kier alpha value is -2.85. The van der Waals surface area contributed by atoms with Crippen molar-refractivity contribution in [2.24, 2.45) is 0 Å². The van der Waals surface area contributed by atoms with Gasteiger partial charge >= 0.3 is 0 Å². The molecule has 0 nitrogen and oxygen atoms in total. The van der Waals surface area contributed by atoms with Crippen molar-refractivity contribution in [3.8, 4) is 11.8 Å². The van der Waals surface area contributed by atoms with Crippen molar-refractivity contribution in [1.29, 1.82) is 0 Å². The van der Waals surface area contributed by atoms with Crippen LogP contribution in [0.2, 0.25) is 0 Å². The molecule has 0 fully saturated rings. The van der Waals surface area contributed by atoms with Gasteiger partial charge in [-0.05, 0) is 60.4 Å². The van der Waals surface area contributed by atoms with Crippen LogP contribution >= 0.6 is 0 Å². The SMILES string of the molecule is C=CCCc1ccc(C#Cc2ccc3cc(CCCCCC)ccc3c2F)cc1. The molecule has 0 heterocycles. The molecular formula is C28H29F. The summed E-state index contributed by atoms with van der Waals surface area (Å²) in [6.45, 7) is 5.97. The van der Waals surface area contributed by atoms with Crippen LogP contribution in [0.5, 0.6) is 0 Å². The number of halogens is 1. The standard InChI is InChI=1S/C28H29F/c1-3-5-7-8-10-24-16-20-27-26(21-24)19-18-25(28(27)29)17-15-23-13-11-22(12-14-23)9-6-4-2/h4,11-14,16,18-21H,2-3,5-10H2,1H3. The van der Waals surface area contributed by atoms with Gasteiger partial charge in [-0.2, -0.15) is 0 Å². The Balaban J connectivity index is 1.74. The Bertz CT molecular complexity index is 1020. The average Bonchev–Trinajstić information content (AvgIpc) is 2.75. The van der Waals surface area contributed by atoms with E-state index in [0.29, 0.717) is 10.9 Å². The van der Waals surface area contributed by atoms with Gasteiger partial charge in [0, 0.05) is 10.9 Å². The smallest absolute Gasteiger partial charge is 0.146 e. The van der Waals surface area contributed by atoms with Gasteiger partial charge in [0.05, 0.1) is 5.56 Å². The fourth-order valence-electron chi connectivity index (χ4n) is 3.51. The monoisotopic (exact) mass is 384 g/mol. The molecule has 0 radical (unpaired) electrons. The van der Waals surface area contributed by atoms with E-state index in [-0.39, 0.29) is 5.82 Å². The summed E-state index contributed by atoms with van der Waals surface area (Å²) in [6.07, 6.45) is 9.90. The normalized spacial score (nSPS) is 10.6. The predicted octanol–water partition coefficient (Wildman–Crippen LogP) is 7.62. The molecule has 0 saturated carbocycles. The van der Waals surface area contributed by atoms with Crippen molar-refractivity contribution < 1.29 is 4.39 Å². The maximum atomic E-state index is 14.9. The van der Waals surface area contributed by atoms with Crippen LogP contribution in [0.25, 0.3) is 10.8 Å². The molecule has 0 unspecified atom stereocenters. The number of fused-ring (bicyclic) bond motifs is 1. The Morgan fingerprint density at radius 2 is 1.66 bits per heavy atom. The van der Waals surface area contributed by atoms with Gasteiger partial charge in [0.15, 0.2) is 0 Å². The Kier molecular flexibility index (Phi) is 7.65. The predicted molar refractivity (Wildman–Crippen MR) is 123 cm³/mol. The van der Waals surface area contributed by atoms with Gasteiger partial charge in [-0.3, -0.25) is 0 Å². The van der Waals surface area contributed by atoms with Crippen molar-refractivity contribution in [3.05, 3.63) is 95.3 Å². The molecule has 29 heavy (non-hydrogen) atoms. The topological polar surface area (TPSA) is 0 Å². The zero-order valence-electron chi connectivity index (χ0n) is 17.3. The lowest BCUT2D eigenvalue weighted by Crippen LogP contribution is -1.90. The number of unbranched alkanes of at least 4 members (excludes halogenated alkanes) is 3. The molecule has 0 aliphatic rings. The minimum absolute atomic E-state index is 0.227. The summed E-state index contributed by atoms with van der Waals surface area (Å²) in [4.78, 5) is 0. The second kappa shape index (κ2) is 10.6. The van der Waals surface area contributed by atoms with Crippen LogP contribution in [0.3, 0.4) is 0 Å². The Labute approximate surface area is 174 Å². The lowest BCUT2D eigenvalue weighted by Gasteiger charge is -2.06. The molecule has 0 amide bonds. The lowest BCUT2D eigenvalue weighted by atomic mass is 10.00. The van der Waals surface area contributed by atoms with E-state index in [0.717, 1.165) is 30.2 Å².